The summed E-state index contributed by atoms with van der Waals surface area (Å²) in [4.78, 5) is 35.7. The number of para-hydroxylation sites is 1. The van der Waals surface area contributed by atoms with Gasteiger partial charge in [-0.05, 0) is 36.4 Å². The molecule has 27 heavy (non-hydrogen) atoms. The second-order valence-electron chi connectivity index (χ2n) is 5.46. The summed E-state index contributed by atoms with van der Waals surface area (Å²) in [7, 11) is -2.15. The lowest BCUT2D eigenvalue weighted by molar-refractivity contribution is -0.119. The van der Waals surface area contributed by atoms with Gasteiger partial charge in [-0.2, -0.15) is 0 Å². The van der Waals surface area contributed by atoms with E-state index < -0.39 is 34.3 Å². The monoisotopic (exact) mass is 391 g/mol. The van der Waals surface area contributed by atoms with Gasteiger partial charge in [-0.25, -0.2) is 18.0 Å². The van der Waals surface area contributed by atoms with Crippen LogP contribution in [0.15, 0.2) is 53.4 Å². The molecule has 0 unspecified atom stereocenters. The van der Waals surface area contributed by atoms with Crippen molar-refractivity contribution in [2.75, 3.05) is 25.3 Å². The zero-order valence-electron chi connectivity index (χ0n) is 14.6. The van der Waals surface area contributed by atoms with Crippen LogP contribution in [0.25, 0.3) is 0 Å². The van der Waals surface area contributed by atoms with Crippen molar-refractivity contribution in [3.05, 3.63) is 59.7 Å². The number of carbonyl (C=O) groups excluding carboxylic acids is 3. The Kier molecular flexibility index (Phi) is 6.30. The van der Waals surface area contributed by atoms with Crippen LogP contribution in [0.2, 0.25) is 0 Å². The molecule has 1 amide bonds. The van der Waals surface area contributed by atoms with E-state index in [9.17, 15) is 22.8 Å². The third-order valence-electron chi connectivity index (χ3n) is 3.46. The van der Waals surface area contributed by atoms with E-state index in [1.807, 2.05) is 0 Å². The molecule has 0 saturated heterocycles. The van der Waals surface area contributed by atoms with E-state index in [0.29, 0.717) is 0 Å². The Morgan fingerprint density at radius 3 is 2.19 bits per heavy atom. The van der Waals surface area contributed by atoms with Crippen molar-refractivity contribution in [1.82, 2.24) is 0 Å². The first-order chi connectivity index (χ1) is 12.7. The molecule has 8 nitrogen and oxygen atoms in total. The highest BCUT2D eigenvalue weighted by molar-refractivity contribution is 7.90. The highest BCUT2D eigenvalue weighted by atomic mass is 32.2. The quantitative estimate of drug-likeness (QED) is 0.745. The Balaban J connectivity index is 1.98. The Hall–Kier alpha value is -3.20. The molecule has 0 heterocycles. The molecule has 0 spiro atoms. The lowest BCUT2D eigenvalue weighted by Crippen LogP contribution is -2.22. The number of sulfone groups is 1. The molecule has 2 aromatic carbocycles. The maximum atomic E-state index is 12.0. The van der Waals surface area contributed by atoms with Crippen molar-refractivity contribution in [1.29, 1.82) is 0 Å². The molecule has 2 rings (SSSR count). The van der Waals surface area contributed by atoms with E-state index in [0.717, 1.165) is 6.26 Å². The van der Waals surface area contributed by atoms with Gasteiger partial charge in [0.05, 0.1) is 28.8 Å². The highest BCUT2D eigenvalue weighted by Gasteiger charge is 2.15. The zero-order chi connectivity index (χ0) is 20.0. The smallest absolute Gasteiger partial charge is 0.339 e. The summed E-state index contributed by atoms with van der Waals surface area (Å²) in [6.45, 7) is -0.581. The minimum atomic E-state index is -3.37. The summed E-state index contributed by atoms with van der Waals surface area (Å²) in [6.07, 6.45) is 1.05. The van der Waals surface area contributed by atoms with Crippen LogP contribution in [0.3, 0.4) is 0 Å². The molecule has 0 atom stereocenters. The summed E-state index contributed by atoms with van der Waals surface area (Å²) in [6, 6.07) is 11.4. The van der Waals surface area contributed by atoms with E-state index in [2.05, 4.69) is 10.1 Å². The van der Waals surface area contributed by atoms with Gasteiger partial charge in [0.1, 0.15) is 0 Å². The van der Waals surface area contributed by atoms with Gasteiger partial charge in [-0.1, -0.05) is 12.1 Å². The van der Waals surface area contributed by atoms with Crippen LogP contribution in [0.1, 0.15) is 20.7 Å². The fourth-order valence-corrected chi connectivity index (χ4v) is 2.75. The van der Waals surface area contributed by atoms with Crippen LogP contribution in [-0.4, -0.2) is 46.2 Å². The Bertz CT molecular complexity index is 965. The normalized spacial score (nSPS) is 10.7. The Labute approximate surface area is 156 Å². The molecule has 0 bridgehead atoms. The number of benzene rings is 2. The summed E-state index contributed by atoms with van der Waals surface area (Å²) in [5.74, 6) is -2.05. The third-order valence-corrected chi connectivity index (χ3v) is 4.59. The fourth-order valence-electron chi connectivity index (χ4n) is 2.12. The second kappa shape index (κ2) is 8.45. The molecule has 0 saturated carbocycles. The topological polar surface area (TPSA) is 116 Å². The zero-order valence-corrected chi connectivity index (χ0v) is 15.4. The maximum Gasteiger partial charge on any atom is 0.339 e. The molecule has 2 aromatic rings. The predicted molar refractivity (Wildman–Crippen MR) is 96.2 cm³/mol. The number of anilines is 1. The number of hydrogen-bond acceptors (Lipinski definition) is 7. The van der Waals surface area contributed by atoms with Crippen molar-refractivity contribution in [3.8, 4) is 0 Å². The van der Waals surface area contributed by atoms with Gasteiger partial charge in [0, 0.05) is 6.26 Å². The predicted octanol–water partition coefficient (Wildman–Crippen LogP) is 1.67. The summed E-state index contributed by atoms with van der Waals surface area (Å²) < 4.78 is 32.3. The number of hydrogen-bond donors (Lipinski definition) is 1. The first-order valence-electron chi connectivity index (χ1n) is 7.67. The van der Waals surface area contributed by atoms with Crippen molar-refractivity contribution >= 4 is 33.4 Å². The van der Waals surface area contributed by atoms with Crippen LogP contribution in [0, 0.1) is 0 Å². The third kappa shape index (κ3) is 5.38. The van der Waals surface area contributed by atoms with E-state index in [1.54, 1.807) is 12.1 Å². The molecule has 0 aromatic heterocycles. The lowest BCUT2D eigenvalue weighted by atomic mass is 10.2. The number of carbonyl (C=O) groups is 3. The summed E-state index contributed by atoms with van der Waals surface area (Å²) in [5.41, 5.74) is 0.490. The first-order valence-corrected chi connectivity index (χ1v) is 9.56. The highest BCUT2D eigenvalue weighted by Crippen LogP contribution is 2.16. The number of esters is 2. The number of amides is 1. The molecule has 9 heteroatoms. The van der Waals surface area contributed by atoms with Gasteiger partial charge in [-0.3, -0.25) is 4.79 Å². The molecule has 142 valence electrons. The Morgan fingerprint density at radius 1 is 0.963 bits per heavy atom. The van der Waals surface area contributed by atoms with E-state index in [4.69, 9.17) is 4.74 Å². The minimum absolute atomic E-state index is 0.0659. The number of nitrogens with one attached hydrogen (secondary N) is 1. The average molecular weight is 391 g/mol. The van der Waals surface area contributed by atoms with E-state index in [-0.39, 0.29) is 21.7 Å². The SMILES string of the molecule is COC(=O)c1ccccc1NC(=O)COC(=O)c1ccc(S(C)(=O)=O)cc1. The van der Waals surface area contributed by atoms with Crippen molar-refractivity contribution in [2.45, 2.75) is 4.90 Å². The van der Waals surface area contributed by atoms with E-state index in [1.165, 1.54) is 43.5 Å². The molecular formula is C18H17NO7S. The van der Waals surface area contributed by atoms with E-state index >= 15 is 0 Å². The Morgan fingerprint density at radius 2 is 1.59 bits per heavy atom. The van der Waals surface area contributed by atoms with Gasteiger partial charge in [0.25, 0.3) is 5.91 Å². The largest absolute Gasteiger partial charge is 0.465 e. The van der Waals surface area contributed by atoms with Gasteiger partial charge >= 0.3 is 11.9 Å². The van der Waals surface area contributed by atoms with Gasteiger partial charge in [-0.15, -0.1) is 0 Å². The van der Waals surface area contributed by atoms with Gasteiger partial charge in [0.15, 0.2) is 16.4 Å². The minimum Gasteiger partial charge on any atom is -0.465 e. The van der Waals surface area contributed by atoms with Crippen molar-refractivity contribution in [2.24, 2.45) is 0 Å². The molecule has 0 aliphatic carbocycles. The first kappa shape index (κ1) is 20.1. The van der Waals surface area contributed by atoms with Crippen LogP contribution >= 0.6 is 0 Å². The summed E-state index contributed by atoms with van der Waals surface area (Å²) >= 11 is 0. The second-order valence-corrected chi connectivity index (χ2v) is 7.47. The molecule has 0 aliphatic rings. The number of ether oxygens (including phenoxy) is 2. The molecular weight excluding hydrogens is 374 g/mol. The maximum absolute atomic E-state index is 12.0. The van der Waals surface area contributed by atoms with Gasteiger partial charge in [0.2, 0.25) is 0 Å². The lowest BCUT2D eigenvalue weighted by Gasteiger charge is -2.10. The van der Waals surface area contributed by atoms with Gasteiger partial charge < -0.3 is 14.8 Å². The van der Waals surface area contributed by atoms with Crippen LogP contribution < -0.4 is 5.32 Å². The van der Waals surface area contributed by atoms with Crippen LogP contribution in [0.5, 0.6) is 0 Å². The van der Waals surface area contributed by atoms with Crippen molar-refractivity contribution < 1.29 is 32.3 Å². The van der Waals surface area contributed by atoms with Crippen LogP contribution in [-0.2, 0) is 24.1 Å². The van der Waals surface area contributed by atoms with Crippen molar-refractivity contribution in [3.63, 3.8) is 0 Å². The fraction of sp³-hybridized carbons (Fsp3) is 0.167. The number of rotatable bonds is 6. The number of methoxy groups -OCH3 is 1. The average Bonchev–Trinajstić information content (AvgIpc) is 2.65. The molecule has 0 radical (unpaired) electrons. The molecule has 0 aliphatic heterocycles. The molecule has 1 N–H and O–H groups in total. The molecule has 0 fully saturated rings. The summed E-state index contributed by atoms with van der Waals surface area (Å²) in [5, 5.41) is 2.47. The van der Waals surface area contributed by atoms with Crippen LogP contribution in [0.4, 0.5) is 5.69 Å². The standard InChI is InChI=1S/C18H17NO7S/c1-25-18(22)14-5-3-4-6-15(14)19-16(20)11-26-17(21)12-7-9-13(10-8-12)27(2,23)24/h3-10H,11H2,1-2H3,(H,19,20).